The zero-order valence-electron chi connectivity index (χ0n) is 14.0. The molecule has 1 atom stereocenters. The molecule has 24 heavy (non-hydrogen) atoms. The molecule has 2 aromatic rings. The van der Waals surface area contributed by atoms with Crippen molar-refractivity contribution in [3.8, 4) is 5.75 Å². The lowest BCUT2D eigenvalue weighted by molar-refractivity contribution is 0.0594. The van der Waals surface area contributed by atoms with E-state index in [-0.39, 0.29) is 11.8 Å². The van der Waals surface area contributed by atoms with E-state index in [1.807, 2.05) is 31.2 Å². The maximum absolute atomic E-state index is 11.8. The molecule has 0 fully saturated rings. The summed E-state index contributed by atoms with van der Waals surface area (Å²) in [5.41, 5.74) is 3.33. The molecule has 1 N–H and O–H groups in total. The molecular weight excluding hydrogens is 308 g/mol. The molecule has 0 bridgehead atoms. The lowest BCUT2D eigenvalue weighted by atomic mass is 10.1. The number of pyridine rings is 1. The summed E-state index contributed by atoms with van der Waals surface area (Å²) in [7, 11) is 2.99. The predicted molar refractivity (Wildman–Crippen MR) is 89.1 cm³/mol. The van der Waals surface area contributed by atoms with Crippen LogP contribution in [0.1, 0.15) is 40.2 Å². The zero-order chi connectivity index (χ0) is 17.1. The Morgan fingerprint density at radius 2 is 2.08 bits per heavy atom. The molecule has 1 aliphatic heterocycles. The molecule has 6 heteroatoms. The maximum atomic E-state index is 11.8. The number of benzene rings is 1. The minimum atomic E-state index is -0.454. The highest BCUT2D eigenvalue weighted by molar-refractivity contribution is 5.88. The second-order valence-electron chi connectivity index (χ2n) is 5.58. The molecule has 0 amide bonds. The van der Waals surface area contributed by atoms with E-state index in [2.05, 4.69) is 10.3 Å². The average Bonchev–Trinajstić information content (AvgIpc) is 3.00. The number of aromatic nitrogens is 1. The second-order valence-corrected chi connectivity index (χ2v) is 5.58. The van der Waals surface area contributed by atoms with Crippen molar-refractivity contribution < 1.29 is 19.0 Å². The van der Waals surface area contributed by atoms with E-state index in [1.165, 1.54) is 7.11 Å². The third-order valence-corrected chi connectivity index (χ3v) is 4.05. The Hall–Kier alpha value is -2.60. The number of methoxy groups -OCH3 is 2. The van der Waals surface area contributed by atoms with Gasteiger partial charge in [0.05, 0.1) is 26.9 Å². The van der Waals surface area contributed by atoms with Crippen molar-refractivity contribution in [1.82, 2.24) is 4.98 Å². The SMILES string of the molecule is COC(=O)c1cc2c(c(NCc3ccc(OC)cc3)n1)[C@H](C)OC2. The highest BCUT2D eigenvalue weighted by atomic mass is 16.5. The molecule has 126 valence electrons. The summed E-state index contributed by atoms with van der Waals surface area (Å²) >= 11 is 0. The number of carbonyl (C=O) groups is 1. The molecule has 1 aliphatic rings. The second kappa shape index (κ2) is 6.88. The van der Waals surface area contributed by atoms with E-state index in [0.29, 0.717) is 19.0 Å². The van der Waals surface area contributed by atoms with Crippen LogP contribution < -0.4 is 10.1 Å². The van der Waals surface area contributed by atoms with Crippen LogP contribution in [0, 0.1) is 0 Å². The van der Waals surface area contributed by atoms with Crippen LogP contribution in [0.5, 0.6) is 5.75 Å². The lowest BCUT2D eigenvalue weighted by Gasteiger charge is -2.14. The molecule has 0 saturated carbocycles. The molecule has 6 nitrogen and oxygen atoms in total. The lowest BCUT2D eigenvalue weighted by Crippen LogP contribution is -2.11. The van der Waals surface area contributed by atoms with E-state index in [4.69, 9.17) is 14.2 Å². The monoisotopic (exact) mass is 328 g/mol. The van der Waals surface area contributed by atoms with Gasteiger partial charge in [-0.2, -0.15) is 0 Å². The van der Waals surface area contributed by atoms with E-state index in [9.17, 15) is 4.79 Å². The summed E-state index contributed by atoms with van der Waals surface area (Å²) in [6.07, 6.45) is -0.0578. The van der Waals surface area contributed by atoms with Gasteiger partial charge in [-0.05, 0) is 36.2 Å². The largest absolute Gasteiger partial charge is 0.497 e. The van der Waals surface area contributed by atoms with E-state index in [1.54, 1.807) is 13.2 Å². The molecule has 0 spiro atoms. The summed E-state index contributed by atoms with van der Waals surface area (Å²) in [5, 5.41) is 3.31. The molecular formula is C18H20N2O4. The summed E-state index contributed by atoms with van der Waals surface area (Å²) < 4.78 is 15.6. The quantitative estimate of drug-likeness (QED) is 0.851. The first kappa shape index (κ1) is 16.3. The van der Waals surface area contributed by atoms with Gasteiger partial charge in [-0.25, -0.2) is 9.78 Å². The summed E-state index contributed by atoms with van der Waals surface area (Å²) in [6, 6.07) is 9.52. The van der Waals surface area contributed by atoms with Gasteiger partial charge < -0.3 is 19.5 Å². The number of hydrogen-bond acceptors (Lipinski definition) is 6. The van der Waals surface area contributed by atoms with Crippen molar-refractivity contribution in [2.24, 2.45) is 0 Å². The summed E-state index contributed by atoms with van der Waals surface area (Å²) in [6.45, 7) is 3.03. The van der Waals surface area contributed by atoms with Gasteiger partial charge in [-0.15, -0.1) is 0 Å². The molecule has 1 aromatic carbocycles. The number of carbonyl (C=O) groups excluding carboxylic acids is 1. The highest BCUT2D eigenvalue weighted by Crippen LogP contribution is 2.35. The van der Waals surface area contributed by atoms with E-state index >= 15 is 0 Å². The van der Waals surface area contributed by atoms with Crippen molar-refractivity contribution in [3.63, 3.8) is 0 Å². The van der Waals surface area contributed by atoms with Crippen molar-refractivity contribution in [2.75, 3.05) is 19.5 Å². The number of nitrogens with zero attached hydrogens (tertiary/aromatic N) is 1. The maximum Gasteiger partial charge on any atom is 0.356 e. The van der Waals surface area contributed by atoms with Gasteiger partial charge in [0.1, 0.15) is 11.6 Å². The van der Waals surface area contributed by atoms with Gasteiger partial charge in [0.25, 0.3) is 0 Å². The first-order valence-corrected chi connectivity index (χ1v) is 7.73. The predicted octanol–water partition coefficient (Wildman–Crippen LogP) is 3.08. The molecule has 3 rings (SSSR count). The normalized spacial score (nSPS) is 15.7. The van der Waals surface area contributed by atoms with Crippen molar-refractivity contribution in [1.29, 1.82) is 0 Å². The van der Waals surface area contributed by atoms with Crippen LogP contribution >= 0.6 is 0 Å². The number of hydrogen-bond donors (Lipinski definition) is 1. The van der Waals surface area contributed by atoms with Crippen LogP contribution in [0.3, 0.4) is 0 Å². The Morgan fingerprint density at radius 3 is 2.75 bits per heavy atom. The smallest absolute Gasteiger partial charge is 0.356 e. The molecule has 0 saturated heterocycles. The fourth-order valence-electron chi connectivity index (χ4n) is 2.75. The first-order valence-electron chi connectivity index (χ1n) is 7.73. The fourth-order valence-corrected chi connectivity index (χ4v) is 2.75. The van der Waals surface area contributed by atoms with E-state index in [0.717, 1.165) is 22.4 Å². The van der Waals surface area contributed by atoms with Gasteiger partial charge in [-0.3, -0.25) is 0 Å². The first-order chi connectivity index (χ1) is 11.6. The minimum absolute atomic E-state index is 0.0578. The Labute approximate surface area is 140 Å². The van der Waals surface area contributed by atoms with Crippen LogP contribution in [-0.4, -0.2) is 25.2 Å². The average molecular weight is 328 g/mol. The fraction of sp³-hybridized carbons (Fsp3) is 0.333. The van der Waals surface area contributed by atoms with Crippen molar-refractivity contribution >= 4 is 11.8 Å². The molecule has 0 aliphatic carbocycles. The van der Waals surface area contributed by atoms with Crippen LogP contribution in [0.25, 0.3) is 0 Å². The molecule has 0 radical (unpaired) electrons. The highest BCUT2D eigenvalue weighted by Gasteiger charge is 2.26. The Kier molecular flexibility index (Phi) is 4.66. The van der Waals surface area contributed by atoms with Crippen LogP contribution in [-0.2, 0) is 22.6 Å². The van der Waals surface area contributed by atoms with Gasteiger partial charge in [0.15, 0.2) is 5.69 Å². The van der Waals surface area contributed by atoms with Crippen molar-refractivity contribution in [2.45, 2.75) is 26.2 Å². The Morgan fingerprint density at radius 1 is 1.33 bits per heavy atom. The molecule has 1 aromatic heterocycles. The van der Waals surface area contributed by atoms with Gasteiger partial charge >= 0.3 is 5.97 Å². The van der Waals surface area contributed by atoms with Gasteiger partial charge in [0.2, 0.25) is 0 Å². The Bertz CT molecular complexity index is 743. The standard InChI is InChI=1S/C18H20N2O4/c1-11-16-13(10-24-11)8-15(18(21)23-3)20-17(16)19-9-12-4-6-14(22-2)7-5-12/h4-8,11H,9-10H2,1-3H3,(H,19,20)/t11-/m0/s1. The summed E-state index contributed by atoms with van der Waals surface area (Å²) in [4.78, 5) is 16.2. The number of ether oxygens (including phenoxy) is 3. The van der Waals surface area contributed by atoms with Crippen LogP contribution in [0.15, 0.2) is 30.3 Å². The topological polar surface area (TPSA) is 69.7 Å². The number of esters is 1. The van der Waals surface area contributed by atoms with Crippen LogP contribution in [0.2, 0.25) is 0 Å². The van der Waals surface area contributed by atoms with Gasteiger partial charge in [0, 0.05) is 12.1 Å². The minimum Gasteiger partial charge on any atom is -0.497 e. The summed E-state index contributed by atoms with van der Waals surface area (Å²) in [5.74, 6) is 1.02. The van der Waals surface area contributed by atoms with Crippen molar-refractivity contribution in [3.05, 3.63) is 52.7 Å². The number of anilines is 1. The Balaban J connectivity index is 1.85. The molecule has 0 unspecified atom stereocenters. The number of nitrogens with one attached hydrogen (secondary N) is 1. The number of fused-ring (bicyclic) bond motifs is 1. The van der Waals surface area contributed by atoms with E-state index < -0.39 is 5.97 Å². The third-order valence-electron chi connectivity index (χ3n) is 4.05. The molecule has 2 heterocycles. The van der Waals surface area contributed by atoms with Crippen LogP contribution in [0.4, 0.5) is 5.82 Å². The van der Waals surface area contributed by atoms with Gasteiger partial charge in [-0.1, -0.05) is 12.1 Å². The number of rotatable bonds is 5. The third kappa shape index (κ3) is 3.19. The zero-order valence-corrected chi connectivity index (χ0v) is 14.0.